The summed E-state index contributed by atoms with van der Waals surface area (Å²) in [5, 5.41) is 7.99. The van der Waals surface area contributed by atoms with E-state index in [1.54, 1.807) is 35.4 Å². The molecule has 1 N–H and O–H groups in total. The first-order valence-electron chi connectivity index (χ1n) is 9.01. The van der Waals surface area contributed by atoms with Crippen molar-refractivity contribution in [2.75, 3.05) is 4.72 Å². The van der Waals surface area contributed by atoms with E-state index in [0.29, 0.717) is 23.7 Å². The molecule has 0 saturated heterocycles. The lowest BCUT2D eigenvalue weighted by Crippen LogP contribution is -2.13. The van der Waals surface area contributed by atoms with Crippen LogP contribution in [-0.4, -0.2) is 28.2 Å². The molecule has 2 heterocycles. The molecule has 0 spiro atoms. The average Bonchev–Trinajstić information content (AvgIpc) is 3.30. The first-order valence-corrected chi connectivity index (χ1v) is 10.5. The lowest BCUT2D eigenvalue weighted by Gasteiger charge is -2.11. The van der Waals surface area contributed by atoms with Gasteiger partial charge in [-0.3, -0.25) is 9.29 Å². The van der Waals surface area contributed by atoms with E-state index in [-0.39, 0.29) is 16.5 Å². The van der Waals surface area contributed by atoms with Gasteiger partial charge in [-0.2, -0.15) is 13.2 Å². The van der Waals surface area contributed by atoms with Crippen molar-refractivity contribution in [3.63, 3.8) is 0 Å². The summed E-state index contributed by atoms with van der Waals surface area (Å²) in [7, 11) is -4.06. The van der Waals surface area contributed by atoms with Crippen LogP contribution in [0.1, 0.15) is 5.56 Å². The van der Waals surface area contributed by atoms with Crippen LogP contribution in [0.15, 0.2) is 84.3 Å². The molecule has 0 fully saturated rings. The number of alkyl halides is 3. The number of hydrogen-bond acceptors (Lipinski definition) is 6. The fraction of sp³-hybridized carbons (Fsp3) is 0.0500. The molecule has 0 bridgehead atoms. The molecule has 164 valence electrons. The SMILES string of the molecule is O=S(=O)(Nc1ccc(Oc2ccc(-n3ccnc3)nn2)cc1)c1ccc(C(F)(F)F)cc1. The Bertz CT molecular complexity index is 1290. The second kappa shape index (κ2) is 8.30. The summed E-state index contributed by atoms with van der Waals surface area (Å²) in [5.74, 6) is 1.17. The zero-order valence-electron chi connectivity index (χ0n) is 16.1. The lowest BCUT2D eigenvalue weighted by molar-refractivity contribution is -0.137. The molecule has 0 aliphatic rings. The highest BCUT2D eigenvalue weighted by Gasteiger charge is 2.30. The van der Waals surface area contributed by atoms with Crippen molar-refractivity contribution < 1.29 is 26.3 Å². The van der Waals surface area contributed by atoms with Crippen molar-refractivity contribution in [1.82, 2.24) is 19.7 Å². The van der Waals surface area contributed by atoms with E-state index < -0.39 is 21.8 Å². The fourth-order valence-corrected chi connectivity index (χ4v) is 3.71. The monoisotopic (exact) mass is 461 g/mol. The maximum atomic E-state index is 12.7. The Hall–Kier alpha value is -3.93. The molecule has 0 amide bonds. The molecule has 0 aliphatic carbocycles. The zero-order valence-corrected chi connectivity index (χ0v) is 16.9. The molecule has 0 atom stereocenters. The van der Waals surface area contributed by atoms with Crippen LogP contribution in [0.5, 0.6) is 11.6 Å². The summed E-state index contributed by atoms with van der Waals surface area (Å²) in [5.41, 5.74) is -0.724. The summed E-state index contributed by atoms with van der Waals surface area (Å²) >= 11 is 0. The molecule has 0 saturated carbocycles. The number of rotatable bonds is 6. The summed E-state index contributed by atoms with van der Waals surface area (Å²) in [6, 6.07) is 12.4. The van der Waals surface area contributed by atoms with Gasteiger partial charge in [-0.05, 0) is 54.6 Å². The summed E-state index contributed by atoms with van der Waals surface area (Å²) < 4.78 is 72.4. The number of imidazole rings is 1. The highest BCUT2D eigenvalue weighted by Crippen LogP contribution is 2.30. The molecular formula is C20H14F3N5O3S. The van der Waals surface area contributed by atoms with Gasteiger partial charge in [0.1, 0.15) is 12.1 Å². The number of nitrogens with one attached hydrogen (secondary N) is 1. The number of nitrogens with zero attached hydrogens (tertiary/aromatic N) is 4. The highest BCUT2D eigenvalue weighted by atomic mass is 32.2. The minimum absolute atomic E-state index is 0.207. The molecular weight excluding hydrogens is 447 g/mol. The van der Waals surface area contributed by atoms with Gasteiger partial charge in [0.25, 0.3) is 10.0 Å². The summed E-state index contributed by atoms with van der Waals surface area (Å²) in [6.45, 7) is 0. The summed E-state index contributed by atoms with van der Waals surface area (Å²) in [4.78, 5) is 3.63. The molecule has 2 aromatic carbocycles. The zero-order chi connectivity index (χ0) is 22.8. The predicted octanol–water partition coefficient (Wildman–Crippen LogP) is 4.27. The van der Waals surface area contributed by atoms with Gasteiger partial charge >= 0.3 is 6.18 Å². The van der Waals surface area contributed by atoms with Crippen LogP contribution in [-0.2, 0) is 16.2 Å². The normalized spacial score (nSPS) is 11.8. The molecule has 8 nitrogen and oxygen atoms in total. The average molecular weight is 461 g/mol. The van der Waals surface area contributed by atoms with Gasteiger partial charge in [-0.15, -0.1) is 10.2 Å². The maximum Gasteiger partial charge on any atom is 0.416 e. The van der Waals surface area contributed by atoms with E-state index in [1.165, 1.54) is 24.3 Å². The fourth-order valence-electron chi connectivity index (χ4n) is 2.65. The van der Waals surface area contributed by atoms with Crippen molar-refractivity contribution in [2.24, 2.45) is 0 Å². The second-order valence-corrected chi connectivity index (χ2v) is 8.14. The number of ether oxygens (including phenoxy) is 1. The number of benzene rings is 2. The minimum Gasteiger partial charge on any atom is -0.438 e. The largest absolute Gasteiger partial charge is 0.438 e. The number of aromatic nitrogens is 4. The number of sulfonamides is 1. The van der Waals surface area contributed by atoms with E-state index in [0.717, 1.165) is 12.1 Å². The number of anilines is 1. The molecule has 2 aromatic heterocycles. The number of hydrogen-bond donors (Lipinski definition) is 1. The van der Waals surface area contributed by atoms with Crippen LogP contribution in [0.25, 0.3) is 5.82 Å². The van der Waals surface area contributed by atoms with Gasteiger partial charge in [-0.25, -0.2) is 13.4 Å². The van der Waals surface area contributed by atoms with E-state index in [2.05, 4.69) is 19.9 Å². The van der Waals surface area contributed by atoms with Gasteiger partial charge in [0.2, 0.25) is 5.88 Å². The van der Waals surface area contributed by atoms with Gasteiger partial charge in [0.15, 0.2) is 5.82 Å². The molecule has 4 aromatic rings. The second-order valence-electron chi connectivity index (χ2n) is 6.45. The lowest BCUT2D eigenvalue weighted by atomic mass is 10.2. The highest BCUT2D eigenvalue weighted by molar-refractivity contribution is 7.92. The van der Waals surface area contributed by atoms with Crippen LogP contribution in [0.2, 0.25) is 0 Å². The minimum atomic E-state index is -4.55. The summed E-state index contributed by atoms with van der Waals surface area (Å²) in [6.07, 6.45) is 0.360. The van der Waals surface area contributed by atoms with Gasteiger partial charge in [0.05, 0.1) is 10.5 Å². The molecule has 0 unspecified atom stereocenters. The van der Waals surface area contributed by atoms with E-state index in [1.807, 2.05) is 0 Å². The van der Waals surface area contributed by atoms with Gasteiger partial charge in [0, 0.05) is 24.1 Å². The van der Waals surface area contributed by atoms with Crippen LogP contribution < -0.4 is 9.46 Å². The Morgan fingerprint density at radius 1 is 0.906 bits per heavy atom. The van der Waals surface area contributed by atoms with Crippen molar-refractivity contribution >= 4 is 15.7 Å². The third-order valence-electron chi connectivity index (χ3n) is 4.22. The Labute approximate surface area is 180 Å². The third kappa shape index (κ3) is 4.86. The quantitative estimate of drug-likeness (QED) is 0.460. The number of halogens is 3. The van der Waals surface area contributed by atoms with Crippen molar-refractivity contribution in [1.29, 1.82) is 0 Å². The van der Waals surface area contributed by atoms with Crippen LogP contribution in [0, 0.1) is 0 Å². The smallest absolute Gasteiger partial charge is 0.416 e. The van der Waals surface area contributed by atoms with Crippen LogP contribution >= 0.6 is 0 Å². The Balaban J connectivity index is 1.42. The van der Waals surface area contributed by atoms with Crippen LogP contribution in [0.3, 0.4) is 0 Å². The molecule has 0 aliphatic heterocycles. The first kappa shape index (κ1) is 21.3. The predicted molar refractivity (Wildman–Crippen MR) is 108 cm³/mol. The first-order chi connectivity index (χ1) is 15.2. The molecule has 0 radical (unpaired) electrons. The van der Waals surface area contributed by atoms with E-state index >= 15 is 0 Å². The van der Waals surface area contributed by atoms with E-state index in [9.17, 15) is 21.6 Å². The van der Waals surface area contributed by atoms with Crippen LogP contribution in [0.4, 0.5) is 18.9 Å². The Morgan fingerprint density at radius 3 is 2.19 bits per heavy atom. The van der Waals surface area contributed by atoms with Gasteiger partial charge < -0.3 is 4.74 Å². The topological polar surface area (TPSA) is 99.0 Å². The van der Waals surface area contributed by atoms with Crippen molar-refractivity contribution in [2.45, 2.75) is 11.1 Å². The molecule has 4 rings (SSSR count). The van der Waals surface area contributed by atoms with Crippen molar-refractivity contribution in [3.8, 4) is 17.4 Å². The van der Waals surface area contributed by atoms with E-state index in [4.69, 9.17) is 4.74 Å². The molecule has 12 heteroatoms. The maximum absolute atomic E-state index is 12.7. The standard InChI is InChI=1S/C20H14F3N5O3S/c21-20(22,23)14-1-7-17(8-2-14)32(29,30)27-15-3-5-16(6-4-15)31-19-10-9-18(25-26-19)28-12-11-24-13-28/h1-13,27H. The van der Waals surface area contributed by atoms with Crippen molar-refractivity contribution in [3.05, 3.63) is 84.9 Å². The third-order valence-corrected chi connectivity index (χ3v) is 5.61. The Morgan fingerprint density at radius 2 is 1.62 bits per heavy atom. The molecule has 32 heavy (non-hydrogen) atoms. The van der Waals surface area contributed by atoms with Gasteiger partial charge in [-0.1, -0.05) is 0 Å². The Kier molecular flexibility index (Phi) is 5.53.